The Kier molecular flexibility index (Phi) is 6.86. The number of benzene rings is 1. The molecule has 0 atom stereocenters. The van der Waals surface area contributed by atoms with E-state index in [0.717, 1.165) is 16.4 Å². The number of imidazole rings is 1. The third-order valence-electron chi connectivity index (χ3n) is 6.75. The van der Waals surface area contributed by atoms with Gasteiger partial charge in [0.25, 0.3) is 0 Å². The summed E-state index contributed by atoms with van der Waals surface area (Å²) in [4.78, 5) is 33.0. The summed E-state index contributed by atoms with van der Waals surface area (Å²) < 4.78 is 55.0. The molecule has 1 fully saturated rings. The first-order chi connectivity index (χ1) is 18.5. The molecule has 0 saturated carbocycles. The van der Waals surface area contributed by atoms with Crippen LogP contribution in [-0.2, 0) is 31.2 Å². The number of aliphatic carboxylic acids is 1. The van der Waals surface area contributed by atoms with Crippen LogP contribution in [0.2, 0.25) is 0 Å². The maximum Gasteiger partial charge on any atom is 0.331 e. The summed E-state index contributed by atoms with van der Waals surface area (Å²) >= 11 is 0. The minimum absolute atomic E-state index is 0.0386. The van der Waals surface area contributed by atoms with E-state index >= 15 is 0 Å². The molecule has 0 radical (unpaired) electrons. The Morgan fingerprint density at radius 1 is 1.00 bits per heavy atom. The van der Waals surface area contributed by atoms with Gasteiger partial charge in [0.2, 0.25) is 10.0 Å². The molecule has 0 spiro atoms. The predicted molar refractivity (Wildman–Crippen MR) is 141 cm³/mol. The summed E-state index contributed by atoms with van der Waals surface area (Å²) in [6.45, 7) is -0.482. The van der Waals surface area contributed by atoms with Gasteiger partial charge in [-0.15, -0.1) is 0 Å². The van der Waals surface area contributed by atoms with E-state index in [-0.39, 0.29) is 35.7 Å². The van der Waals surface area contributed by atoms with Gasteiger partial charge in [-0.25, -0.2) is 26.6 Å². The van der Waals surface area contributed by atoms with E-state index < -0.39 is 44.1 Å². The van der Waals surface area contributed by atoms with Gasteiger partial charge in [-0.3, -0.25) is 18.9 Å². The number of rotatable bonds is 7. The Balaban J connectivity index is 1.49. The Hall–Kier alpha value is -3.88. The van der Waals surface area contributed by atoms with Crippen LogP contribution in [-0.4, -0.2) is 70.7 Å². The lowest BCUT2D eigenvalue weighted by molar-refractivity contribution is -0.137. The van der Waals surface area contributed by atoms with Gasteiger partial charge in [-0.05, 0) is 37.1 Å². The first kappa shape index (κ1) is 26.7. The fourth-order valence-electron chi connectivity index (χ4n) is 4.91. The summed E-state index contributed by atoms with van der Waals surface area (Å²) in [5.41, 5.74) is 1.52. The quantitative estimate of drug-likeness (QED) is 0.348. The molecule has 0 aliphatic carbocycles. The number of aromatic nitrogens is 4. The monoisotopic (exact) mass is 571 g/mol. The average Bonchev–Trinajstić information content (AvgIpc) is 3.18. The number of hydrogen-bond acceptors (Lipinski definition) is 8. The number of sulfonamides is 1. The number of fused-ring (bicyclic) bond motifs is 1. The topological polar surface area (TPSA) is 162 Å². The molecule has 12 nitrogen and oxygen atoms in total. The highest BCUT2D eigenvalue weighted by atomic mass is 32.2. The number of pyridine rings is 2. The van der Waals surface area contributed by atoms with E-state index in [4.69, 9.17) is 0 Å². The molecular weight excluding hydrogens is 546 g/mol. The Morgan fingerprint density at radius 3 is 2.31 bits per heavy atom. The first-order valence-electron chi connectivity index (χ1n) is 12.0. The minimum Gasteiger partial charge on any atom is -0.480 e. The lowest BCUT2D eigenvalue weighted by Gasteiger charge is -2.32. The molecule has 1 aliphatic heterocycles. The highest BCUT2D eigenvalue weighted by molar-refractivity contribution is 7.93. The predicted octanol–water partition coefficient (Wildman–Crippen LogP) is 1.77. The van der Waals surface area contributed by atoms with Gasteiger partial charge in [0.15, 0.2) is 15.5 Å². The third-order valence-corrected chi connectivity index (χ3v) is 9.99. The zero-order chi connectivity index (χ0) is 27.9. The van der Waals surface area contributed by atoms with Crippen molar-refractivity contribution >= 4 is 37.0 Å². The van der Waals surface area contributed by atoms with Gasteiger partial charge in [0.05, 0.1) is 10.4 Å². The molecule has 14 heteroatoms. The van der Waals surface area contributed by atoms with Gasteiger partial charge >= 0.3 is 11.7 Å². The van der Waals surface area contributed by atoms with Gasteiger partial charge in [0, 0.05) is 55.1 Å². The fourth-order valence-corrected chi connectivity index (χ4v) is 7.98. The molecular formula is C25H25N5O7S2. The number of carboxylic acids is 1. The number of piperidine rings is 1. The summed E-state index contributed by atoms with van der Waals surface area (Å²) in [5.74, 6) is -1.19. The van der Waals surface area contributed by atoms with Gasteiger partial charge in [0.1, 0.15) is 11.4 Å². The number of carbonyl (C=O) groups is 1. The van der Waals surface area contributed by atoms with Crippen molar-refractivity contribution < 1.29 is 26.7 Å². The number of nitrogens with zero attached hydrogens (tertiary/aromatic N) is 5. The van der Waals surface area contributed by atoms with E-state index in [1.165, 1.54) is 33.1 Å². The smallest absolute Gasteiger partial charge is 0.331 e. The van der Waals surface area contributed by atoms with E-state index in [1.807, 2.05) is 6.07 Å². The average molecular weight is 572 g/mol. The van der Waals surface area contributed by atoms with Crippen molar-refractivity contribution in [2.24, 2.45) is 0 Å². The van der Waals surface area contributed by atoms with E-state index in [2.05, 4.69) is 9.97 Å². The van der Waals surface area contributed by atoms with Crippen molar-refractivity contribution in [2.45, 2.75) is 35.2 Å². The second-order valence-electron chi connectivity index (χ2n) is 9.30. The highest BCUT2D eigenvalue weighted by Gasteiger charge is 2.34. The van der Waals surface area contributed by atoms with Crippen molar-refractivity contribution in [1.82, 2.24) is 23.4 Å². The van der Waals surface area contributed by atoms with E-state index in [1.54, 1.807) is 30.7 Å². The molecule has 39 heavy (non-hydrogen) atoms. The van der Waals surface area contributed by atoms with Crippen molar-refractivity contribution in [3.05, 3.63) is 71.5 Å². The zero-order valence-electron chi connectivity index (χ0n) is 20.8. The standard InChI is InChI=1S/C25H25N5O7S2/c1-38(34,35)21-6-2-3-7-22(21)39(36,37)28-11-8-19(9-12-28)30-24-20(29(25(30)33)16-23(31)32)13-18(15-27-24)17-5-4-10-26-14-17/h2-7,10,13-15,19H,8-9,11-12,16H2,1H3,(H,31,32). The van der Waals surface area contributed by atoms with Crippen LogP contribution in [0.1, 0.15) is 18.9 Å². The molecule has 5 rings (SSSR count). The summed E-state index contributed by atoms with van der Waals surface area (Å²) in [6.07, 6.45) is 6.30. The summed E-state index contributed by atoms with van der Waals surface area (Å²) in [6, 6.07) is 10.3. The van der Waals surface area contributed by atoms with Crippen LogP contribution in [0.25, 0.3) is 22.3 Å². The molecule has 3 aromatic heterocycles. The molecule has 1 saturated heterocycles. The lowest BCUT2D eigenvalue weighted by Crippen LogP contribution is -2.41. The Morgan fingerprint density at radius 2 is 1.69 bits per heavy atom. The fraction of sp³-hybridized carbons (Fsp3) is 0.280. The SMILES string of the molecule is CS(=O)(=O)c1ccccc1S(=O)(=O)N1CCC(n2c(=O)n(CC(=O)O)c3cc(-c4cccnc4)cnc32)CC1. The number of sulfone groups is 1. The second kappa shape index (κ2) is 10.0. The normalized spacial score (nSPS) is 15.5. The third kappa shape index (κ3) is 4.97. The molecule has 4 heterocycles. The maximum absolute atomic E-state index is 13.4. The van der Waals surface area contributed by atoms with E-state index in [0.29, 0.717) is 16.7 Å². The molecule has 1 N–H and O–H groups in total. The van der Waals surface area contributed by atoms with E-state index in [9.17, 15) is 31.5 Å². The highest BCUT2D eigenvalue weighted by Crippen LogP contribution is 2.31. The molecule has 0 unspecified atom stereocenters. The summed E-state index contributed by atoms with van der Waals surface area (Å²) in [7, 11) is -7.90. The summed E-state index contributed by atoms with van der Waals surface area (Å²) in [5, 5.41) is 9.45. The van der Waals surface area contributed by atoms with Gasteiger partial charge < -0.3 is 5.11 Å². The molecule has 204 valence electrons. The molecule has 0 amide bonds. The van der Waals surface area contributed by atoms with Crippen LogP contribution >= 0.6 is 0 Å². The van der Waals surface area contributed by atoms with Crippen LogP contribution in [0, 0.1) is 0 Å². The van der Waals surface area contributed by atoms with Crippen molar-refractivity contribution in [1.29, 1.82) is 0 Å². The van der Waals surface area contributed by atoms with Gasteiger partial charge in [-0.2, -0.15) is 4.31 Å². The van der Waals surface area contributed by atoms with Crippen LogP contribution < -0.4 is 5.69 Å². The second-order valence-corrected chi connectivity index (χ2v) is 13.2. The van der Waals surface area contributed by atoms with Crippen LogP contribution in [0.15, 0.2) is 75.6 Å². The molecule has 4 aromatic rings. The van der Waals surface area contributed by atoms with Crippen LogP contribution in [0.5, 0.6) is 0 Å². The first-order valence-corrected chi connectivity index (χ1v) is 15.3. The van der Waals surface area contributed by atoms with Crippen LogP contribution in [0.4, 0.5) is 0 Å². The Bertz CT molecular complexity index is 1840. The van der Waals surface area contributed by atoms with Crippen molar-refractivity contribution in [2.75, 3.05) is 19.3 Å². The lowest BCUT2D eigenvalue weighted by atomic mass is 10.1. The molecule has 0 bridgehead atoms. The van der Waals surface area contributed by atoms with Crippen LogP contribution in [0.3, 0.4) is 0 Å². The minimum atomic E-state index is -4.12. The largest absolute Gasteiger partial charge is 0.480 e. The molecule has 1 aromatic carbocycles. The zero-order valence-corrected chi connectivity index (χ0v) is 22.5. The van der Waals surface area contributed by atoms with Gasteiger partial charge in [-0.1, -0.05) is 18.2 Å². The molecule has 1 aliphatic rings. The Labute approximate surface area is 224 Å². The maximum atomic E-state index is 13.4. The van der Waals surface area contributed by atoms with Crippen molar-refractivity contribution in [3.63, 3.8) is 0 Å². The number of hydrogen-bond donors (Lipinski definition) is 1. The number of carboxylic acid groups (broad SMARTS) is 1. The van der Waals surface area contributed by atoms with Crippen molar-refractivity contribution in [3.8, 4) is 11.1 Å².